The molecular formula is C27H33N5O. The van der Waals surface area contributed by atoms with Gasteiger partial charge in [-0.25, -0.2) is 0 Å². The molecule has 1 aromatic heterocycles. The maximum absolute atomic E-state index is 13.9. The quantitative estimate of drug-likeness (QED) is 0.597. The Labute approximate surface area is 196 Å². The predicted octanol–water partition coefficient (Wildman–Crippen LogP) is 4.05. The molecule has 2 aliphatic rings. The van der Waals surface area contributed by atoms with Crippen LogP contribution in [0.2, 0.25) is 0 Å². The Morgan fingerprint density at radius 2 is 1.82 bits per heavy atom. The zero-order valence-electron chi connectivity index (χ0n) is 19.7. The van der Waals surface area contributed by atoms with Crippen LogP contribution in [0.4, 0.5) is 0 Å². The molecule has 33 heavy (non-hydrogen) atoms. The average molecular weight is 444 g/mol. The number of fused-ring (bicyclic) bond motifs is 1. The summed E-state index contributed by atoms with van der Waals surface area (Å²) in [7, 11) is 2.16. The third-order valence-corrected chi connectivity index (χ3v) is 7.32. The molecule has 6 nitrogen and oxygen atoms in total. The van der Waals surface area contributed by atoms with Gasteiger partial charge in [-0.15, -0.1) is 10.2 Å². The number of aromatic nitrogens is 3. The molecule has 0 radical (unpaired) electrons. The molecule has 2 aliphatic heterocycles. The van der Waals surface area contributed by atoms with E-state index in [2.05, 4.69) is 68.0 Å². The SMILES string of the molecule is Cc1nnc2n1C[C@@H](c1cccc(C(=O)N(Cc3ccccc3)C3CCN(C)CC3)c1)CC2. The molecule has 0 unspecified atom stereocenters. The topological polar surface area (TPSA) is 54.3 Å². The van der Waals surface area contributed by atoms with Crippen molar-refractivity contribution >= 4 is 5.91 Å². The molecule has 3 aromatic rings. The van der Waals surface area contributed by atoms with Crippen LogP contribution in [0.1, 0.15) is 58.3 Å². The number of piperidine rings is 1. The Morgan fingerprint density at radius 1 is 1.03 bits per heavy atom. The Bertz CT molecular complexity index is 1100. The molecule has 0 saturated carbocycles. The lowest BCUT2D eigenvalue weighted by molar-refractivity contribution is 0.0569. The molecule has 2 aromatic carbocycles. The fourth-order valence-electron chi connectivity index (χ4n) is 5.28. The summed E-state index contributed by atoms with van der Waals surface area (Å²) in [5.41, 5.74) is 3.22. The second kappa shape index (κ2) is 9.48. The van der Waals surface area contributed by atoms with Crippen molar-refractivity contribution in [2.24, 2.45) is 0 Å². The van der Waals surface area contributed by atoms with E-state index in [0.717, 1.165) is 62.5 Å². The van der Waals surface area contributed by atoms with Crippen LogP contribution in [0.15, 0.2) is 54.6 Å². The third kappa shape index (κ3) is 4.71. The second-order valence-corrected chi connectivity index (χ2v) is 9.59. The molecule has 0 spiro atoms. The van der Waals surface area contributed by atoms with Gasteiger partial charge in [-0.3, -0.25) is 4.79 Å². The van der Waals surface area contributed by atoms with E-state index in [1.165, 1.54) is 11.1 Å². The van der Waals surface area contributed by atoms with E-state index in [4.69, 9.17) is 0 Å². The summed E-state index contributed by atoms with van der Waals surface area (Å²) in [5.74, 6) is 2.57. The first kappa shape index (κ1) is 21.8. The highest BCUT2D eigenvalue weighted by atomic mass is 16.2. The van der Waals surface area contributed by atoms with Crippen LogP contribution >= 0.6 is 0 Å². The Kier molecular flexibility index (Phi) is 6.27. The van der Waals surface area contributed by atoms with Gasteiger partial charge in [-0.2, -0.15) is 0 Å². The van der Waals surface area contributed by atoms with Crippen molar-refractivity contribution in [1.82, 2.24) is 24.6 Å². The molecule has 1 fully saturated rings. The molecule has 1 amide bonds. The average Bonchev–Trinajstić information content (AvgIpc) is 3.23. The normalized spacial score (nSPS) is 19.3. The van der Waals surface area contributed by atoms with Crippen molar-refractivity contribution in [3.05, 3.63) is 82.9 Å². The summed E-state index contributed by atoms with van der Waals surface area (Å²) >= 11 is 0. The van der Waals surface area contributed by atoms with E-state index < -0.39 is 0 Å². The molecule has 5 rings (SSSR count). The Hall–Kier alpha value is -2.99. The van der Waals surface area contributed by atoms with Crippen molar-refractivity contribution in [3.63, 3.8) is 0 Å². The number of benzene rings is 2. The molecule has 3 heterocycles. The first-order valence-electron chi connectivity index (χ1n) is 12.1. The smallest absolute Gasteiger partial charge is 0.254 e. The van der Waals surface area contributed by atoms with Crippen molar-refractivity contribution < 1.29 is 4.79 Å². The zero-order valence-corrected chi connectivity index (χ0v) is 19.7. The van der Waals surface area contributed by atoms with E-state index in [1.54, 1.807) is 0 Å². The standard InChI is InChI=1S/C27H33N5O/c1-20-28-29-26-12-11-24(19-31(20)26)22-9-6-10-23(17-22)27(33)32(18-21-7-4-3-5-8-21)25-13-15-30(2)16-14-25/h3-10,17,24-25H,11-16,18-19H2,1-2H3/t24-/m0/s1. The minimum absolute atomic E-state index is 0.146. The fourth-order valence-corrected chi connectivity index (χ4v) is 5.28. The highest BCUT2D eigenvalue weighted by Gasteiger charge is 2.29. The summed E-state index contributed by atoms with van der Waals surface area (Å²) < 4.78 is 2.23. The molecule has 1 saturated heterocycles. The van der Waals surface area contributed by atoms with E-state index in [-0.39, 0.29) is 11.9 Å². The van der Waals surface area contributed by atoms with E-state index in [9.17, 15) is 4.79 Å². The maximum atomic E-state index is 13.9. The summed E-state index contributed by atoms with van der Waals surface area (Å²) in [6.07, 6.45) is 4.01. The number of rotatable bonds is 5. The Balaban J connectivity index is 1.39. The van der Waals surface area contributed by atoms with Crippen LogP contribution < -0.4 is 0 Å². The van der Waals surface area contributed by atoms with Crippen molar-refractivity contribution in [2.45, 2.75) is 57.7 Å². The third-order valence-electron chi connectivity index (χ3n) is 7.32. The number of nitrogens with zero attached hydrogens (tertiary/aromatic N) is 5. The van der Waals surface area contributed by atoms with Gasteiger partial charge in [-0.05, 0) is 69.6 Å². The van der Waals surface area contributed by atoms with Gasteiger partial charge in [0.15, 0.2) is 0 Å². The largest absolute Gasteiger partial charge is 0.331 e. The molecule has 172 valence electrons. The lowest BCUT2D eigenvalue weighted by atomic mass is 9.90. The van der Waals surface area contributed by atoms with Crippen LogP contribution in [0.25, 0.3) is 0 Å². The summed E-state index contributed by atoms with van der Waals surface area (Å²) in [6.45, 7) is 5.62. The monoisotopic (exact) mass is 443 g/mol. The van der Waals surface area contributed by atoms with E-state index in [1.807, 2.05) is 25.1 Å². The molecule has 1 atom stereocenters. The minimum Gasteiger partial charge on any atom is -0.331 e. The Morgan fingerprint density at radius 3 is 2.61 bits per heavy atom. The fraction of sp³-hybridized carbons (Fsp3) is 0.444. The zero-order chi connectivity index (χ0) is 22.8. The maximum Gasteiger partial charge on any atom is 0.254 e. The van der Waals surface area contributed by atoms with Gasteiger partial charge in [0.05, 0.1) is 0 Å². The van der Waals surface area contributed by atoms with Crippen LogP contribution in [0.3, 0.4) is 0 Å². The number of aryl methyl sites for hydroxylation is 2. The van der Waals surface area contributed by atoms with E-state index in [0.29, 0.717) is 12.5 Å². The highest BCUT2D eigenvalue weighted by molar-refractivity contribution is 5.94. The number of hydrogen-bond acceptors (Lipinski definition) is 4. The molecule has 6 heteroatoms. The van der Waals surface area contributed by atoms with Crippen LogP contribution in [-0.4, -0.2) is 56.7 Å². The molecule has 0 bridgehead atoms. The minimum atomic E-state index is 0.146. The lowest BCUT2D eigenvalue weighted by Crippen LogP contribution is -2.46. The van der Waals surface area contributed by atoms with Gasteiger partial charge in [0.25, 0.3) is 5.91 Å². The van der Waals surface area contributed by atoms with Gasteiger partial charge in [0.2, 0.25) is 0 Å². The first-order chi connectivity index (χ1) is 16.1. The number of likely N-dealkylation sites (tertiary alicyclic amines) is 1. The van der Waals surface area contributed by atoms with E-state index >= 15 is 0 Å². The summed E-state index contributed by atoms with van der Waals surface area (Å²) in [4.78, 5) is 18.3. The lowest BCUT2D eigenvalue weighted by Gasteiger charge is -2.37. The molecule has 0 N–H and O–H groups in total. The second-order valence-electron chi connectivity index (χ2n) is 9.59. The highest BCUT2D eigenvalue weighted by Crippen LogP contribution is 2.30. The summed E-state index contributed by atoms with van der Waals surface area (Å²) in [6, 6.07) is 19.0. The van der Waals surface area contributed by atoms with Crippen molar-refractivity contribution in [2.75, 3.05) is 20.1 Å². The van der Waals surface area contributed by atoms with Gasteiger partial charge in [-0.1, -0.05) is 42.5 Å². The number of carbonyl (C=O) groups excluding carboxylic acids is 1. The van der Waals surface area contributed by atoms with Gasteiger partial charge in [0, 0.05) is 37.0 Å². The van der Waals surface area contributed by atoms with Crippen LogP contribution in [-0.2, 0) is 19.5 Å². The van der Waals surface area contributed by atoms with Crippen LogP contribution in [0, 0.1) is 6.92 Å². The van der Waals surface area contributed by atoms with Gasteiger partial charge >= 0.3 is 0 Å². The number of hydrogen-bond donors (Lipinski definition) is 0. The van der Waals surface area contributed by atoms with Crippen molar-refractivity contribution in [1.29, 1.82) is 0 Å². The molecule has 0 aliphatic carbocycles. The number of carbonyl (C=O) groups is 1. The predicted molar refractivity (Wildman–Crippen MR) is 129 cm³/mol. The van der Waals surface area contributed by atoms with Crippen molar-refractivity contribution in [3.8, 4) is 0 Å². The van der Waals surface area contributed by atoms with Gasteiger partial charge < -0.3 is 14.4 Å². The van der Waals surface area contributed by atoms with Crippen LogP contribution in [0.5, 0.6) is 0 Å². The first-order valence-corrected chi connectivity index (χ1v) is 12.1. The number of amides is 1. The molecular weight excluding hydrogens is 410 g/mol. The van der Waals surface area contributed by atoms with Gasteiger partial charge in [0.1, 0.15) is 11.6 Å². The summed E-state index contributed by atoms with van der Waals surface area (Å²) in [5, 5.41) is 8.54.